The molecule has 0 aliphatic carbocycles. The summed E-state index contributed by atoms with van der Waals surface area (Å²) in [6, 6.07) is 7.82. The van der Waals surface area contributed by atoms with E-state index in [2.05, 4.69) is 30.6 Å². The number of imidazole rings is 1. The SMILES string of the molecule is Cn1ccc2c(NC(=O)CCNc3nc(Cl)nc4nc[nH]c34)cccc21. The number of rotatable bonds is 5. The van der Waals surface area contributed by atoms with Crippen LogP contribution in [0.5, 0.6) is 0 Å². The number of H-pyrrole nitrogens is 1. The van der Waals surface area contributed by atoms with E-state index < -0.39 is 0 Å². The number of aromatic amines is 1. The van der Waals surface area contributed by atoms with E-state index in [-0.39, 0.29) is 17.6 Å². The van der Waals surface area contributed by atoms with E-state index in [1.165, 1.54) is 6.33 Å². The quantitative estimate of drug-likeness (QED) is 0.469. The molecule has 3 N–H and O–H groups in total. The number of halogens is 1. The van der Waals surface area contributed by atoms with Gasteiger partial charge >= 0.3 is 0 Å². The molecule has 9 heteroatoms. The molecule has 0 bridgehead atoms. The zero-order chi connectivity index (χ0) is 18.1. The van der Waals surface area contributed by atoms with E-state index in [0.29, 0.717) is 23.5 Å². The summed E-state index contributed by atoms with van der Waals surface area (Å²) in [5.41, 5.74) is 3.00. The minimum atomic E-state index is -0.0881. The van der Waals surface area contributed by atoms with Crippen LogP contribution in [-0.2, 0) is 11.8 Å². The molecule has 0 spiro atoms. The van der Waals surface area contributed by atoms with Crippen molar-refractivity contribution in [2.75, 3.05) is 17.2 Å². The Morgan fingerprint density at radius 3 is 3.08 bits per heavy atom. The van der Waals surface area contributed by atoms with Crippen LogP contribution >= 0.6 is 11.6 Å². The fourth-order valence-electron chi connectivity index (χ4n) is 2.85. The highest BCUT2D eigenvalue weighted by Gasteiger charge is 2.10. The number of nitrogens with zero attached hydrogens (tertiary/aromatic N) is 4. The highest BCUT2D eigenvalue weighted by molar-refractivity contribution is 6.28. The number of fused-ring (bicyclic) bond motifs is 2. The second-order valence-electron chi connectivity index (χ2n) is 5.83. The molecule has 4 aromatic rings. The maximum absolute atomic E-state index is 12.3. The van der Waals surface area contributed by atoms with Crippen LogP contribution in [0.3, 0.4) is 0 Å². The van der Waals surface area contributed by atoms with Gasteiger partial charge in [0, 0.05) is 37.1 Å². The molecular weight excluding hydrogens is 354 g/mol. The molecule has 0 radical (unpaired) electrons. The van der Waals surface area contributed by atoms with Crippen molar-refractivity contribution >= 4 is 51.1 Å². The van der Waals surface area contributed by atoms with E-state index in [4.69, 9.17) is 11.6 Å². The summed E-state index contributed by atoms with van der Waals surface area (Å²) in [4.78, 5) is 27.5. The second kappa shape index (κ2) is 6.64. The minimum Gasteiger partial charge on any atom is -0.368 e. The van der Waals surface area contributed by atoms with Crippen LogP contribution in [0.2, 0.25) is 5.28 Å². The van der Waals surface area contributed by atoms with Crippen LogP contribution in [0.15, 0.2) is 36.8 Å². The van der Waals surface area contributed by atoms with E-state index in [1.54, 1.807) is 0 Å². The number of aromatic nitrogens is 5. The van der Waals surface area contributed by atoms with Gasteiger partial charge in [-0.25, -0.2) is 4.98 Å². The van der Waals surface area contributed by atoms with Gasteiger partial charge in [-0.3, -0.25) is 4.79 Å². The summed E-state index contributed by atoms with van der Waals surface area (Å²) in [6.45, 7) is 0.401. The van der Waals surface area contributed by atoms with Crippen molar-refractivity contribution in [1.29, 1.82) is 0 Å². The molecule has 8 nitrogen and oxygen atoms in total. The first-order chi connectivity index (χ1) is 12.6. The lowest BCUT2D eigenvalue weighted by molar-refractivity contribution is -0.115. The Bertz CT molecular complexity index is 1100. The van der Waals surface area contributed by atoms with Crippen LogP contribution in [0, 0.1) is 0 Å². The van der Waals surface area contributed by atoms with Gasteiger partial charge in [-0.1, -0.05) is 6.07 Å². The topological polar surface area (TPSA) is 101 Å². The monoisotopic (exact) mass is 369 g/mol. The highest BCUT2D eigenvalue weighted by Crippen LogP contribution is 2.24. The van der Waals surface area contributed by atoms with Gasteiger partial charge in [-0.05, 0) is 29.8 Å². The van der Waals surface area contributed by atoms with Gasteiger partial charge in [-0.15, -0.1) is 0 Å². The minimum absolute atomic E-state index is 0.0881. The largest absolute Gasteiger partial charge is 0.368 e. The van der Waals surface area contributed by atoms with Gasteiger partial charge in [-0.2, -0.15) is 9.97 Å². The van der Waals surface area contributed by atoms with Gasteiger partial charge in [0.25, 0.3) is 0 Å². The molecule has 0 aliphatic heterocycles. The van der Waals surface area contributed by atoms with Crippen LogP contribution < -0.4 is 10.6 Å². The van der Waals surface area contributed by atoms with Gasteiger partial charge in [0.05, 0.1) is 12.0 Å². The number of carbonyl (C=O) groups excluding carboxylic acids is 1. The number of hydrogen-bond donors (Lipinski definition) is 3. The van der Waals surface area contributed by atoms with E-state index in [1.807, 2.05) is 42.1 Å². The van der Waals surface area contributed by atoms with Crippen molar-refractivity contribution in [2.45, 2.75) is 6.42 Å². The summed E-state index contributed by atoms with van der Waals surface area (Å²) in [5, 5.41) is 7.17. The number of aryl methyl sites for hydroxylation is 1. The Hall–Kier alpha value is -3.13. The predicted molar refractivity (Wildman–Crippen MR) is 101 cm³/mol. The third kappa shape index (κ3) is 3.06. The summed E-state index contributed by atoms with van der Waals surface area (Å²) in [7, 11) is 1.97. The third-order valence-electron chi connectivity index (χ3n) is 4.10. The fourth-order valence-corrected chi connectivity index (χ4v) is 3.02. The van der Waals surface area contributed by atoms with Crippen molar-refractivity contribution in [2.24, 2.45) is 7.05 Å². The molecule has 0 fully saturated rings. The Morgan fingerprint density at radius 2 is 2.19 bits per heavy atom. The average molecular weight is 370 g/mol. The summed E-state index contributed by atoms with van der Waals surface area (Å²) < 4.78 is 2.01. The molecular formula is C17H16ClN7O. The lowest BCUT2D eigenvalue weighted by Gasteiger charge is -2.09. The van der Waals surface area contributed by atoms with Gasteiger partial charge in [0.1, 0.15) is 5.52 Å². The van der Waals surface area contributed by atoms with Gasteiger partial charge in [0.2, 0.25) is 11.2 Å². The lowest BCUT2D eigenvalue weighted by atomic mass is 10.2. The van der Waals surface area contributed by atoms with Crippen LogP contribution in [0.4, 0.5) is 11.5 Å². The third-order valence-corrected chi connectivity index (χ3v) is 4.27. The van der Waals surface area contributed by atoms with Gasteiger partial charge in [0.15, 0.2) is 11.5 Å². The van der Waals surface area contributed by atoms with Crippen LogP contribution in [0.25, 0.3) is 22.1 Å². The molecule has 1 amide bonds. The molecule has 0 saturated carbocycles. The van der Waals surface area contributed by atoms with Gasteiger partial charge < -0.3 is 20.2 Å². The normalized spacial score (nSPS) is 11.2. The predicted octanol–water partition coefficient (Wildman–Crippen LogP) is 2.94. The van der Waals surface area contributed by atoms with Crippen molar-refractivity contribution in [3.05, 3.63) is 42.1 Å². The van der Waals surface area contributed by atoms with Crippen molar-refractivity contribution in [1.82, 2.24) is 24.5 Å². The summed E-state index contributed by atoms with van der Waals surface area (Å²) in [5.74, 6) is 0.435. The van der Waals surface area contributed by atoms with Crippen molar-refractivity contribution in [3.63, 3.8) is 0 Å². The maximum Gasteiger partial charge on any atom is 0.226 e. The Balaban J connectivity index is 1.41. The Labute approximate surface area is 153 Å². The fraction of sp³-hybridized carbons (Fsp3) is 0.176. The smallest absolute Gasteiger partial charge is 0.226 e. The zero-order valence-corrected chi connectivity index (χ0v) is 14.7. The Kier molecular flexibility index (Phi) is 4.18. The second-order valence-corrected chi connectivity index (χ2v) is 6.17. The first-order valence-electron chi connectivity index (χ1n) is 8.06. The molecule has 3 heterocycles. The standard InChI is InChI=1S/C17H16ClN7O/c1-25-8-6-10-11(3-2-4-12(10)25)22-13(26)5-7-19-15-14-16(21-9-20-14)24-17(18)23-15/h2-4,6,8-9H,5,7H2,1H3,(H,22,26)(H2,19,20,21,23,24). The highest BCUT2D eigenvalue weighted by atomic mass is 35.5. The molecule has 3 aromatic heterocycles. The number of benzene rings is 1. The van der Waals surface area contributed by atoms with E-state index >= 15 is 0 Å². The summed E-state index contributed by atoms with van der Waals surface area (Å²) in [6.07, 6.45) is 3.77. The molecule has 0 aliphatic rings. The molecule has 1 aromatic carbocycles. The molecule has 0 unspecified atom stereocenters. The first-order valence-corrected chi connectivity index (χ1v) is 8.44. The maximum atomic E-state index is 12.3. The molecule has 0 saturated heterocycles. The van der Waals surface area contributed by atoms with E-state index in [0.717, 1.165) is 16.6 Å². The Morgan fingerprint density at radius 1 is 1.31 bits per heavy atom. The number of nitrogens with one attached hydrogen (secondary N) is 3. The average Bonchev–Trinajstić information content (AvgIpc) is 3.22. The summed E-state index contributed by atoms with van der Waals surface area (Å²) >= 11 is 5.89. The number of anilines is 2. The van der Waals surface area contributed by atoms with Crippen LogP contribution in [-0.4, -0.2) is 37.0 Å². The lowest BCUT2D eigenvalue weighted by Crippen LogP contribution is -2.17. The molecule has 132 valence electrons. The van der Waals surface area contributed by atoms with Crippen molar-refractivity contribution < 1.29 is 4.79 Å². The molecule has 0 atom stereocenters. The first kappa shape index (κ1) is 16.3. The zero-order valence-electron chi connectivity index (χ0n) is 14.0. The molecule has 26 heavy (non-hydrogen) atoms. The van der Waals surface area contributed by atoms with Crippen molar-refractivity contribution in [3.8, 4) is 0 Å². The number of amides is 1. The number of carbonyl (C=O) groups is 1. The number of hydrogen-bond acceptors (Lipinski definition) is 5. The van der Waals surface area contributed by atoms with Crippen LogP contribution in [0.1, 0.15) is 6.42 Å². The van der Waals surface area contributed by atoms with E-state index in [9.17, 15) is 4.79 Å². The molecule has 4 rings (SSSR count).